The van der Waals surface area contributed by atoms with Crippen LogP contribution in [0, 0.1) is 5.92 Å². The van der Waals surface area contributed by atoms with Crippen molar-refractivity contribution in [3.8, 4) is 0 Å². The molecule has 0 saturated carbocycles. The Balaban J connectivity index is 2.23. The molecule has 4 heteroatoms. The summed E-state index contributed by atoms with van der Waals surface area (Å²) < 4.78 is 0. The van der Waals surface area contributed by atoms with Crippen LogP contribution in [-0.4, -0.2) is 48.7 Å². The Hall–Kier alpha value is -0.610. The Bertz CT molecular complexity index is 215. The fraction of sp³-hybridized carbons (Fsp3) is 0.917. The smallest absolute Gasteiger partial charge is 0.222 e. The second-order valence-electron chi connectivity index (χ2n) is 4.79. The molecule has 0 aliphatic carbocycles. The minimum Gasteiger partial charge on any atom is -0.394 e. The maximum absolute atomic E-state index is 11.8. The van der Waals surface area contributed by atoms with E-state index in [0.717, 1.165) is 19.5 Å². The Morgan fingerprint density at radius 2 is 2.38 bits per heavy atom. The van der Waals surface area contributed by atoms with Crippen molar-refractivity contribution in [2.24, 2.45) is 5.92 Å². The third-order valence-corrected chi connectivity index (χ3v) is 3.48. The number of likely N-dealkylation sites (N-methyl/N-ethyl adjacent to an activating group) is 1. The fourth-order valence-corrected chi connectivity index (χ4v) is 2.04. The Morgan fingerprint density at radius 3 is 2.94 bits per heavy atom. The summed E-state index contributed by atoms with van der Waals surface area (Å²) in [6.45, 7) is 4.06. The van der Waals surface area contributed by atoms with E-state index < -0.39 is 0 Å². The number of carbonyl (C=O) groups is 1. The van der Waals surface area contributed by atoms with Gasteiger partial charge < -0.3 is 15.3 Å². The number of aliphatic hydroxyl groups is 1. The molecule has 1 amide bonds. The molecular weight excluding hydrogens is 204 g/mol. The van der Waals surface area contributed by atoms with Crippen LogP contribution in [0.3, 0.4) is 0 Å². The SMILES string of the molecule is CC(CO)N(C)C(=O)CCC1CCCNC1. The van der Waals surface area contributed by atoms with Gasteiger partial charge in [-0.25, -0.2) is 0 Å². The first-order valence-electron chi connectivity index (χ1n) is 6.22. The lowest BCUT2D eigenvalue weighted by Crippen LogP contribution is -2.38. The van der Waals surface area contributed by atoms with Gasteiger partial charge in [-0.3, -0.25) is 4.79 Å². The Kier molecular flexibility index (Phi) is 5.77. The highest BCUT2D eigenvalue weighted by Gasteiger charge is 2.18. The van der Waals surface area contributed by atoms with Crippen molar-refractivity contribution in [1.29, 1.82) is 0 Å². The van der Waals surface area contributed by atoms with E-state index in [-0.39, 0.29) is 18.6 Å². The molecule has 1 aliphatic rings. The van der Waals surface area contributed by atoms with E-state index in [0.29, 0.717) is 12.3 Å². The molecular formula is C12H24N2O2. The number of hydrogen-bond acceptors (Lipinski definition) is 3. The van der Waals surface area contributed by atoms with Crippen LogP contribution in [0.5, 0.6) is 0 Å². The minimum absolute atomic E-state index is 0.0349. The molecule has 0 aromatic carbocycles. The molecule has 1 fully saturated rings. The molecule has 2 unspecified atom stereocenters. The summed E-state index contributed by atoms with van der Waals surface area (Å²) in [5, 5.41) is 12.3. The zero-order valence-electron chi connectivity index (χ0n) is 10.4. The van der Waals surface area contributed by atoms with E-state index in [2.05, 4.69) is 5.32 Å². The molecule has 0 aromatic rings. The van der Waals surface area contributed by atoms with Crippen LogP contribution in [0.15, 0.2) is 0 Å². The van der Waals surface area contributed by atoms with Gasteiger partial charge in [-0.05, 0) is 45.2 Å². The maximum atomic E-state index is 11.8. The number of hydrogen-bond donors (Lipinski definition) is 2. The minimum atomic E-state index is -0.0722. The number of piperidine rings is 1. The number of nitrogens with one attached hydrogen (secondary N) is 1. The number of carbonyl (C=O) groups excluding carboxylic acids is 1. The number of rotatable bonds is 5. The standard InChI is InChI=1S/C12H24N2O2/c1-10(9-15)14(2)12(16)6-5-11-4-3-7-13-8-11/h10-11,13,15H,3-9H2,1-2H3. The highest BCUT2D eigenvalue weighted by atomic mass is 16.3. The summed E-state index contributed by atoms with van der Waals surface area (Å²) in [4.78, 5) is 13.4. The molecule has 1 heterocycles. The normalized spacial score (nSPS) is 22.8. The zero-order chi connectivity index (χ0) is 12.0. The first kappa shape index (κ1) is 13.5. The average Bonchev–Trinajstić information content (AvgIpc) is 2.35. The average molecular weight is 228 g/mol. The van der Waals surface area contributed by atoms with Crippen LogP contribution < -0.4 is 5.32 Å². The topological polar surface area (TPSA) is 52.6 Å². The highest BCUT2D eigenvalue weighted by Crippen LogP contribution is 2.16. The molecule has 1 rings (SSSR count). The van der Waals surface area contributed by atoms with Crippen LogP contribution in [0.25, 0.3) is 0 Å². The van der Waals surface area contributed by atoms with E-state index in [9.17, 15) is 4.79 Å². The van der Waals surface area contributed by atoms with Crippen molar-refractivity contribution in [1.82, 2.24) is 10.2 Å². The third-order valence-electron chi connectivity index (χ3n) is 3.48. The van der Waals surface area contributed by atoms with Gasteiger partial charge in [-0.15, -0.1) is 0 Å². The molecule has 4 nitrogen and oxygen atoms in total. The molecule has 1 aliphatic heterocycles. The van der Waals surface area contributed by atoms with Gasteiger partial charge in [0.25, 0.3) is 0 Å². The van der Waals surface area contributed by atoms with Crippen molar-refractivity contribution in [3.05, 3.63) is 0 Å². The van der Waals surface area contributed by atoms with Gasteiger partial charge in [-0.1, -0.05) is 0 Å². The van der Waals surface area contributed by atoms with Crippen molar-refractivity contribution in [2.75, 3.05) is 26.7 Å². The fourth-order valence-electron chi connectivity index (χ4n) is 2.04. The van der Waals surface area contributed by atoms with Crippen molar-refractivity contribution in [3.63, 3.8) is 0 Å². The second kappa shape index (κ2) is 6.86. The van der Waals surface area contributed by atoms with Gasteiger partial charge >= 0.3 is 0 Å². The van der Waals surface area contributed by atoms with Crippen molar-refractivity contribution >= 4 is 5.91 Å². The molecule has 0 radical (unpaired) electrons. The van der Waals surface area contributed by atoms with E-state index in [1.807, 2.05) is 6.92 Å². The van der Waals surface area contributed by atoms with Gasteiger partial charge in [0.05, 0.1) is 12.6 Å². The molecule has 1 saturated heterocycles. The first-order chi connectivity index (χ1) is 7.65. The van der Waals surface area contributed by atoms with Crippen LogP contribution in [0.4, 0.5) is 0 Å². The highest BCUT2D eigenvalue weighted by molar-refractivity contribution is 5.76. The molecule has 94 valence electrons. The third kappa shape index (κ3) is 4.10. The van der Waals surface area contributed by atoms with Crippen molar-refractivity contribution in [2.45, 2.75) is 38.6 Å². The summed E-state index contributed by atoms with van der Waals surface area (Å²) in [5.41, 5.74) is 0. The number of amides is 1. The van der Waals surface area contributed by atoms with Crippen LogP contribution in [-0.2, 0) is 4.79 Å². The van der Waals surface area contributed by atoms with Gasteiger partial charge in [0, 0.05) is 13.5 Å². The number of nitrogens with zero attached hydrogens (tertiary/aromatic N) is 1. The summed E-state index contributed by atoms with van der Waals surface area (Å²) >= 11 is 0. The molecule has 0 bridgehead atoms. The number of aliphatic hydroxyl groups excluding tert-OH is 1. The zero-order valence-corrected chi connectivity index (χ0v) is 10.4. The van der Waals surface area contributed by atoms with E-state index in [1.165, 1.54) is 12.8 Å². The Morgan fingerprint density at radius 1 is 1.62 bits per heavy atom. The van der Waals surface area contributed by atoms with E-state index in [1.54, 1.807) is 11.9 Å². The quantitative estimate of drug-likeness (QED) is 0.725. The predicted octanol–water partition coefficient (Wildman–Crippen LogP) is 0.605. The summed E-state index contributed by atoms with van der Waals surface area (Å²) in [7, 11) is 1.77. The van der Waals surface area contributed by atoms with Crippen molar-refractivity contribution < 1.29 is 9.90 Å². The Labute approximate surface area is 98.0 Å². The lowest BCUT2D eigenvalue weighted by molar-refractivity contribution is -0.132. The predicted molar refractivity (Wildman–Crippen MR) is 64.1 cm³/mol. The maximum Gasteiger partial charge on any atom is 0.222 e. The molecule has 2 atom stereocenters. The summed E-state index contributed by atoms with van der Waals surface area (Å²) in [6, 6.07) is -0.0722. The molecule has 0 aromatic heterocycles. The van der Waals surface area contributed by atoms with Gasteiger partial charge in [0.15, 0.2) is 0 Å². The lowest BCUT2D eigenvalue weighted by atomic mass is 9.94. The molecule has 16 heavy (non-hydrogen) atoms. The van der Waals surface area contributed by atoms with E-state index >= 15 is 0 Å². The van der Waals surface area contributed by atoms with Crippen LogP contribution in [0.1, 0.15) is 32.6 Å². The van der Waals surface area contributed by atoms with Crippen LogP contribution >= 0.6 is 0 Å². The first-order valence-corrected chi connectivity index (χ1v) is 6.22. The molecule has 0 spiro atoms. The monoisotopic (exact) mass is 228 g/mol. The summed E-state index contributed by atoms with van der Waals surface area (Å²) in [5.74, 6) is 0.794. The molecule has 2 N–H and O–H groups in total. The van der Waals surface area contributed by atoms with Gasteiger partial charge in [0.2, 0.25) is 5.91 Å². The van der Waals surface area contributed by atoms with Gasteiger partial charge in [0.1, 0.15) is 0 Å². The van der Waals surface area contributed by atoms with Crippen LogP contribution in [0.2, 0.25) is 0 Å². The van der Waals surface area contributed by atoms with E-state index in [4.69, 9.17) is 5.11 Å². The lowest BCUT2D eigenvalue weighted by Gasteiger charge is -2.26. The summed E-state index contributed by atoms with van der Waals surface area (Å²) in [6.07, 6.45) is 4.03. The largest absolute Gasteiger partial charge is 0.394 e. The second-order valence-corrected chi connectivity index (χ2v) is 4.79. The van der Waals surface area contributed by atoms with Gasteiger partial charge in [-0.2, -0.15) is 0 Å².